The first-order chi connectivity index (χ1) is 9.32. The summed E-state index contributed by atoms with van der Waals surface area (Å²) in [5.41, 5.74) is -1.20. The normalized spacial score (nSPS) is 16.8. The standard InChI is InChI=1S/C14H27N3O3/c1-5-10-17(11-6-8-15-9-7-11)13(20)16(4)14(2,3)12(18)19/h11,15H,5-10H2,1-4H3,(H,18,19). The first-order valence-electron chi connectivity index (χ1n) is 7.31. The van der Waals surface area contributed by atoms with Crippen molar-refractivity contribution in [3.8, 4) is 0 Å². The lowest BCUT2D eigenvalue weighted by molar-refractivity contribution is -0.147. The van der Waals surface area contributed by atoms with Crippen LogP contribution < -0.4 is 5.32 Å². The molecule has 0 aromatic heterocycles. The van der Waals surface area contributed by atoms with E-state index in [1.54, 1.807) is 20.9 Å². The molecular formula is C14H27N3O3. The van der Waals surface area contributed by atoms with E-state index in [1.165, 1.54) is 4.90 Å². The third kappa shape index (κ3) is 3.62. The van der Waals surface area contributed by atoms with Gasteiger partial charge in [0.25, 0.3) is 0 Å². The summed E-state index contributed by atoms with van der Waals surface area (Å²) < 4.78 is 0. The second kappa shape index (κ2) is 6.92. The Bertz CT molecular complexity index is 352. The first-order valence-corrected chi connectivity index (χ1v) is 7.31. The molecule has 1 heterocycles. The molecule has 1 saturated heterocycles. The van der Waals surface area contributed by atoms with Gasteiger partial charge in [0.05, 0.1) is 0 Å². The van der Waals surface area contributed by atoms with Crippen molar-refractivity contribution >= 4 is 12.0 Å². The molecule has 0 bridgehead atoms. The van der Waals surface area contributed by atoms with Crippen molar-refractivity contribution in [3.05, 3.63) is 0 Å². The number of aliphatic carboxylic acids is 1. The maximum atomic E-state index is 12.7. The highest BCUT2D eigenvalue weighted by Gasteiger charge is 2.38. The summed E-state index contributed by atoms with van der Waals surface area (Å²) >= 11 is 0. The van der Waals surface area contributed by atoms with Crippen LogP contribution in [0.2, 0.25) is 0 Å². The van der Waals surface area contributed by atoms with Gasteiger partial charge in [-0.2, -0.15) is 0 Å². The van der Waals surface area contributed by atoms with E-state index in [4.69, 9.17) is 0 Å². The van der Waals surface area contributed by atoms with E-state index < -0.39 is 11.5 Å². The number of carbonyl (C=O) groups excluding carboxylic acids is 1. The van der Waals surface area contributed by atoms with Crippen LogP contribution >= 0.6 is 0 Å². The van der Waals surface area contributed by atoms with Crippen LogP contribution in [0.5, 0.6) is 0 Å². The minimum absolute atomic E-state index is 0.189. The van der Waals surface area contributed by atoms with Gasteiger partial charge in [-0.25, -0.2) is 9.59 Å². The van der Waals surface area contributed by atoms with Crippen molar-refractivity contribution in [1.29, 1.82) is 0 Å². The number of nitrogens with zero attached hydrogens (tertiary/aromatic N) is 2. The van der Waals surface area contributed by atoms with E-state index in [9.17, 15) is 14.7 Å². The summed E-state index contributed by atoms with van der Waals surface area (Å²) in [6.45, 7) is 7.63. The predicted octanol–water partition coefficient (Wildman–Crippen LogP) is 1.37. The molecular weight excluding hydrogens is 258 g/mol. The Morgan fingerprint density at radius 1 is 1.30 bits per heavy atom. The number of rotatable bonds is 5. The number of hydrogen-bond donors (Lipinski definition) is 2. The Balaban J connectivity index is 2.84. The number of carboxylic acid groups (broad SMARTS) is 1. The van der Waals surface area contributed by atoms with Gasteiger partial charge in [0.2, 0.25) is 0 Å². The fourth-order valence-corrected chi connectivity index (χ4v) is 2.37. The highest BCUT2D eigenvalue weighted by atomic mass is 16.4. The Hall–Kier alpha value is -1.30. The molecule has 1 aliphatic rings. The maximum absolute atomic E-state index is 12.7. The van der Waals surface area contributed by atoms with E-state index in [0.717, 1.165) is 32.4 Å². The second-order valence-corrected chi connectivity index (χ2v) is 5.88. The van der Waals surface area contributed by atoms with Crippen LogP contribution in [0.15, 0.2) is 0 Å². The number of piperidine rings is 1. The molecule has 1 rings (SSSR count). The molecule has 1 fully saturated rings. The van der Waals surface area contributed by atoms with Crippen LogP contribution in [0.4, 0.5) is 4.79 Å². The molecule has 0 aromatic rings. The van der Waals surface area contributed by atoms with Gasteiger partial charge in [-0.1, -0.05) is 6.92 Å². The molecule has 6 nitrogen and oxygen atoms in total. The van der Waals surface area contributed by atoms with Gasteiger partial charge in [-0.15, -0.1) is 0 Å². The first kappa shape index (κ1) is 16.8. The number of carboxylic acids is 1. The minimum atomic E-state index is -1.20. The minimum Gasteiger partial charge on any atom is -0.480 e. The summed E-state index contributed by atoms with van der Waals surface area (Å²) in [4.78, 5) is 27.1. The Labute approximate surface area is 121 Å². The zero-order valence-corrected chi connectivity index (χ0v) is 13.0. The Morgan fingerprint density at radius 3 is 2.30 bits per heavy atom. The number of urea groups is 1. The molecule has 0 spiro atoms. The summed E-state index contributed by atoms with van der Waals surface area (Å²) in [5, 5.41) is 12.5. The zero-order chi connectivity index (χ0) is 15.3. The summed E-state index contributed by atoms with van der Waals surface area (Å²) in [6, 6.07) is 0.0156. The summed E-state index contributed by atoms with van der Waals surface area (Å²) in [6.07, 6.45) is 2.72. The monoisotopic (exact) mass is 285 g/mol. The highest BCUT2D eigenvalue weighted by molar-refractivity contribution is 5.85. The van der Waals surface area contributed by atoms with Crippen molar-refractivity contribution in [2.75, 3.05) is 26.7 Å². The van der Waals surface area contributed by atoms with Gasteiger partial charge in [0, 0.05) is 19.6 Å². The van der Waals surface area contributed by atoms with Gasteiger partial charge in [-0.05, 0) is 46.2 Å². The fraction of sp³-hybridized carbons (Fsp3) is 0.857. The van der Waals surface area contributed by atoms with Crippen molar-refractivity contribution in [2.24, 2.45) is 0 Å². The van der Waals surface area contributed by atoms with Crippen molar-refractivity contribution in [3.63, 3.8) is 0 Å². The van der Waals surface area contributed by atoms with Crippen LogP contribution in [-0.2, 0) is 4.79 Å². The largest absolute Gasteiger partial charge is 0.480 e. The maximum Gasteiger partial charge on any atom is 0.329 e. The van der Waals surface area contributed by atoms with Gasteiger partial charge >= 0.3 is 12.0 Å². The van der Waals surface area contributed by atoms with Gasteiger partial charge < -0.3 is 20.2 Å². The van der Waals surface area contributed by atoms with Gasteiger partial charge in [0.1, 0.15) is 5.54 Å². The Kier molecular flexibility index (Phi) is 5.80. The van der Waals surface area contributed by atoms with Crippen LogP contribution in [-0.4, -0.2) is 65.2 Å². The lowest BCUT2D eigenvalue weighted by Crippen LogP contribution is -2.58. The molecule has 0 aliphatic carbocycles. The molecule has 20 heavy (non-hydrogen) atoms. The number of likely N-dealkylation sites (N-methyl/N-ethyl adjacent to an activating group) is 1. The molecule has 0 unspecified atom stereocenters. The topological polar surface area (TPSA) is 72.9 Å². The van der Waals surface area contributed by atoms with Crippen LogP contribution in [0.25, 0.3) is 0 Å². The van der Waals surface area contributed by atoms with E-state index in [1.807, 2.05) is 11.8 Å². The van der Waals surface area contributed by atoms with Crippen molar-refractivity contribution in [1.82, 2.24) is 15.1 Å². The molecule has 0 aromatic carbocycles. The smallest absolute Gasteiger partial charge is 0.329 e. The zero-order valence-electron chi connectivity index (χ0n) is 13.0. The number of amides is 2. The molecule has 0 saturated carbocycles. The van der Waals surface area contributed by atoms with Crippen LogP contribution in [0, 0.1) is 0 Å². The number of carbonyl (C=O) groups is 2. The van der Waals surface area contributed by atoms with Gasteiger partial charge in [0.15, 0.2) is 0 Å². The lowest BCUT2D eigenvalue weighted by atomic mass is 10.0. The SMILES string of the molecule is CCCN(C(=O)N(C)C(C)(C)C(=O)O)C1CCNCC1. The fourth-order valence-electron chi connectivity index (χ4n) is 2.37. The van der Waals surface area contributed by atoms with Crippen molar-refractivity contribution < 1.29 is 14.7 Å². The molecule has 116 valence electrons. The average Bonchev–Trinajstić information content (AvgIpc) is 2.44. The molecule has 1 aliphatic heterocycles. The van der Waals surface area contributed by atoms with Crippen LogP contribution in [0.3, 0.4) is 0 Å². The quantitative estimate of drug-likeness (QED) is 0.800. The third-order valence-corrected chi connectivity index (χ3v) is 4.11. The molecule has 2 N–H and O–H groups in total. The molecule has 6 heteroatoms. The van der Waals surface area contributed by atoms with E-state index in [0.29, 0.717) is 6.54 Å². The number of hydrogen-bond acceptors (Lipinski definition) is 3. The summed E-state index contributed by atoms with van der Waals surface area (Å²) in [5.74, 6) is -0.991. The Morgan fingerprint density at radius 2 is 1.85 bits per heavy atom. The molecule has 0 radical (unpaired) electrons. The van der Waals surface area contributed by atoms with E-state index in [2.05, 4.69) is 5.32 Å². The predicted molar refractivity (Wildman–Crippen MR) is 77.8 cm³/mol. The lowest BCUT2D eigenvalue weighted by Gasteiger charge is -2.40. The highest BCUT2D eigenvalue weighted by Crippen LogP contribution is 2.19. The average molecular weight is 285 g/mol. The summed E-state index contributed by atoms with van der Waals surface area (Å²) in [7, 11) is 1.57. The van der Waals surface area contributed by atoms with Crippen molar-refractivity contribution in [2.45, 2.75) is 51.6 Å². The molecule has 0 atom stereocenters. The van der Waals surface area contributed by atoms with Gasteiger partial charge in [-0.3, -0.25) is 0 Å². The second-order valence-electron chi connectivity index (χ2n) is 5.88. The van der Waals surface area contributed by atoms with Crippen LogP contribution in [0.1, 0.15) is 40.0 Å². The van der Waals surface area contributed by atoms with E-state index >= 15 is 0 Å². The number of nitrogens with one attached hydrogen (secondary N) is 1. The molecule has 2 amide bonds. The van der Waals surface area contributed by atoms with E-state index in [-0.39, 0.29) is 12.1 Å². The third-order valence-electron chi connectivity index (χ3n) is 4.11.